The van der Waals surface area contributed by atoms with Gasteiger partial charge in [0.1, 0.15) is 5.82 Å². The molecule has 124 valence electrons. The SMILES string of the molecule is CN=C(NCc1cccs1)NCC1(c2cccc(F)c2)CC1.I. The Labute approximate surface area is 157 Å². The van der Waals surface area contributed by atoms with Crippen LogP contribution >= 0.6 is 35.3 Å². The first-order valence-corrected chi connectivity index (χ1v) is 8.33. The van der Waals surface area contributed by atoms with Gasteiger partial charge in [-0.1, -0.05) is 18.2 Å². The molecule has 1 aliphatic carbocycles. The second kappa shape index (κ2) is 8.10. The largest absolute Gasteiger partial charge is 0.356 e. The highest BCUT2D eigenvalue weighted by Crippen LogP contribution is 2.47. The summed E-state index contributed by atoms with van der Waals surface area (Å²) >= 11 is 1.72. The fourth-order valence-corrected chi connectivity index (χ4v) is 3.24. The van der Waals surface area contributed by atoms with Gasteiger partial charge in [-0.3, -0.25) is 4.99 Å². The van der Waals surface area contributed by atoms with Gasteiger partial charge in [0.05, 0.1) is 6.54 Å². The Kier molecular flexibility index (Phi) is 6.41. The molecule has 0 unspecified atom stereocenters. The van der Waals surface area contributed by atoms with Gasteiger partial charge in [0.15, 0.2) is 5.96 Å². The Hall–Kier alpha value is -1.15. The normalized spacial score (nSPS) is 15.7. The first-order valence-electron chi connectivity index (χ1n) is 7.45. The number of guanidine groups is 1. The van der Waals surface area contributed by atoms with Gasteiger partial charge in [-0.05, 0) is 42.0 Å². The molecule has 2 N–H and O–H groups in total. The van der Waals surface area contributed by atoms with Crippen LogP contribution in [0.15, 0.2) is 46.8 Å². The number of nitrogens with zero attached hydrogens (tertiary/aromatic N) is 1. The molecule has 1 saturated carbocycles. The van der Waals surface area contributed by atoms with Gasteiger partial charge in [-0.15, -0.1) is 35.3 Å². The number of halogens is 2. The smallest absolute Gasteiger partial charge is 0.191 e. The molecule has 0 aliphatic heterocycles. The molecule has 0 spiro atoms. The first-order chi connectivity index (χ1) is 10.7. The maximum absolute atomic E-state index is 13.4. The molecule has 1 aliphatic rings. The van der Waals surface area contributed by atoms with Crippen molar-refractivity contribution in [1.82, 2.24) is 10.6 Å². The van der Waals surface area contributed by atoms with Gasteiger partial charge in [0, 0.05) is 23.9 Å². The third kappa shape index (κ3) is 4.67. The van der Waals surface area contributed by atoms with Crippen molar-refractivity contribution in [1.29, 1.82) is 0 Å². The van der Waals surface area contributed by atoms with Crippen molar-refractivity contribution in [3.8, 4) is 0 Å². The number of hydrogen-bond acceptors (Lipinski definition) is 2. The van der Waals surface area contributed by atoms with Crippen LogP contribution in [0.25, 0.3) is 0 Å². The summed E-state index contributed by atoms with van der Waals surface area (Å²) in [6.07, 6.45) is 2.18. The van der Waals surface area contributed by atoms with Crippen LogP contribution in [0.1, 0.15) is 23.3 Å². The van der Waals surface area contributed by atoms with E-state index in [1.54, 1.807) is 30.5 Å². The molecule has 1 fully saturated rings. The standard InChI is InChI=1S/C17H20FN3S.HI/c1-19-16(20-11-15-6-3-9-22-15)21-12-17(7-8-17)13-4-2-5-14(18)10-13;/h2-6,9-10H,7-8,11-12H2,1H3,(H2,19,20,21);1H. The summed E-state index contributed by atoms with van der Waals surface area (Å²) < 4.78 is 13.4. The molecule has 23 heavy (non-hydrogen) atoms. The van der Waals surface area contributed by atoms with Crippen LogP contribution in [0, 0.1) is 5.82 Å². The Morgan fingerprint density at radius 1 is 1.26 bits per heavy atom. The summed E-state index contributed by atoms with van der Waals surface area (Å²) in [5.41, 5.74) is 1.14. The van der Waals surface area contributed by atoms with Gasteiger partial charge >= 0.3 is 0 Å². The minimum atomic E-state index is -0.163. The molecule has 1 aromatic carbocycles. The highest BCUT2D eigenvalue weighted by molar-refractivity contribution is 14.0. The van der Waals surface area contributed by atoms with Crippen LogP contribution in [0.3, 0.4) is 0 Å². The number of thiophene rings is 1. The highest BCUT2D eigenvalue weighted by Gasteiger charge is 2.44. The molecule has 3 rings (SSSR count). The van der Waals surface area contributed by atoms with E-state index in [-0.39, 0.29) is 35.2 Å². The van der Waals surface area contributed by atoms with Crippen molar-refractivity contribution in [2.24, 2.45) is 4.99 Å². The predicted molar refractivity (Wildman–Crippen MR) is 105 cm³/mol. The number of aliphatic imine (C=N–C) groups is 1. The minimum Gasteiger partial charge on any atom is -0.356 e. The van der Waals surface area contributed by atoms with E-state index < -0.39 is 0 Å². The summed E-state index contributed by atoms with van der Waals surface area (Å²) in [5.74, 6) is 0.625. The van der Waals surface area contributed by atoms with E-state index in [0.29, 0.717) is 0 Å². The second-order valence-corrected chi connectivity index (χ2v) is 6.68. The van der Waals surface area contributed by atoms with Gasteiger partial charge in [0.2, 0.25) is 0 Å². The summed E-state index contributed by atoms with van der Waals surface area (Å²) in [5, 5.41) is 8.75. The van der Waals surface area contributed by atoms with E-state index in [1.807, 2.05) is 12.1 Å². The highest BCUT2D eigenvalue weighted by atomic mass is 127. The summed E-state index contributed by atoms with van der Waals surface area (Å²) in [4.78, 5) is 5.53. The molecule has 0 atom stereocenters. The Balaban J connectivity index is 0.00000192. The average molecular weight is 445 g/mol. The zero-order valence-electron chi connectivity index (χ0n) is 13.0. The van der Waals surface area contributed by atoms with Crippen LogP contribution < -0.4 is 10.6 Å². The van der Waals surface area contributed by atoms with E-state index >= 15 is 0 Å². The van der Waals surface area contributed by atoms with Crippen molar-refractivity contribution >= 4 is 41.3 Å². The molecule has 0 bridgehead atoms. The van der Waals surface area contributed by atoms with E-state index in [4.69, 9.17) is 0 Å². The van der Waals surface area contributed by atoms with E-state index in [9.17, 15) is 4.39 Å². The summed E-state index contributed by atoms with van der Waals surface area (Å²) in [6.45, 7) is 1.55. The van der Waals surface area contributed by atoms with Crippen LogP contribution in [-0.4, -0.2) is 19.6 Å². The van der Waals surface area contributed by atoms with Crippen LogP contribution in [0.4, 0.5) is 4.39 Å². The maximum Gasteiger partial charge on any atom is 0.191 e. The van der Waals surface area contributed by atoms with Gasteiger partial charge in [-0.2, -0.15) is 0 Å². The Bertz CT molecular complexity index is 654. The number of hydrogen-bond donors (Lipinski definition) is 2. The first kappa shape index (κ1) is 18.2. The van der Waals surface area contributed by atoms with E-state index in [1.165, 1.54) is 10.9 Å². The zero-order chi connectivity index (χ0) is 15.4. The minimum absolute atomic E-state index is 0. The molecular weight excluding hydrogens is 424 g/mol. The zero-order valence-corrected chi connectivity index (χ0v) is 16.2. The molecule has 2 aromatic rings. The van der Waals surface area contributed by atoms with Crippen molar-refractivity contribution in [2.75, 3.05) is 13.6 Å². The molecule has 1 heterocycles. The molecule has 3 nitrogen and oxygen atoms in total. The van der Waals surface area contributed by atoms with E-state index in [0.717, 1.165) is 37.5 Å². The molecule has 1 aromatic heterocycles. The predicted octanol–water partition coefficient (Wildman–Crippen LogP) is 3.90. The van der Waals surface area contributed by atoms with E-state index in [2.05, 4.69) is 27.1 Å². The summed E-state index contributed by atoms with van der Waals surface area (Å²) in [6, 6.07) is 11.1. The number of benzene rings is 1. The lowest BCUT2D eigenvalue weighted by atomic mass is 9.96. The van der Waals surface area contributed by atoms with Crippen molar-refractivity contribution in [3.05, 3.63) is 58.0 Å². The van der Waals surface area contributed by atoms with Crippen LogP contribution in [-0.2, 0) is 12.0 Å². The van der Waals surface area contributed by atoms with Crippen molar-refractivity contribution < 1.29 is 4.39 Å². The van der Waals surface area contributed by atoms with Gasteiger partial charge in [0.25, 0.3) is 0 Å². The average Bonchev–Trinajstić information content (AvgIpc) is 3.14. The topological polar surface area (TPSA) is 36.4 Å². The number of rotatable bonds is 5. The number of nitrogens with one attached hydrogen (secondary N) is 2. The lowest BCUT2D eigenvalue weighted by molar-refractivity contribution is 0.607. The fourth-order valence-electron chi connectivity index (χ4n) is 2.59. The fraction of sp³-hybridized carbons (Fsp3) is 0.353. The van der Waals surface area contributed by atoms with Gasteiger partial charge < -0.3 is 10.6 Å². The molecule has 6 heteroatoms. The maximum atomic E-state index is 13.4. The third-order valence-corrected chi connectivity index (χ3v) is 4.99. The van der Waals surface area contributed by atoms with Crippen LogP contribution in [0.5, 0.6) is 0 Å². The quantitative estimate of drug-likeness (QED) is 0.416. The second-order valence-electron chi connectivity index (χ2n) is 5.65. The summed E-state index contributed by atoms with van der Waals surface area (Å²) in [7, 11) is 1.77. The van der Waals surface area contributed by atoms with Crippen LogP contribution in [0.2, 0.25) is 0 Å². The molecular formula is C17H21FIN3S. The monoisotopic (exact) mass is 445 g/mol. The van der Waals surface area contributed by atoms with Crippen molar-refractivity contribution in [2.45, 2.75) is 24.8 Å². The lowest BCUT2D eigenvalue weighted by Gasteiger charge is -2.19. The Morgan fingerprint density at radius 2 is 2.09 bits per heavy atom. The third-order valence-electron chi connectivity index (χ3n) is 4.12. The Morgan fingerprint density at radius 3 is 2.70 bits per heavy atom. The van der Waals surface area contributed by atoms with Crippen molar-refractivity contribution in [3.63, 3.8) is 0 Å². The molecule has 0 radical (unpaired) electrons. The lowest BCUT2D eigenvalue weighted by Crippen LogP contribution is -2.40. The van der Waals surface area contributed by atoms with Gasteiger partial charge in [-0.25, -0.2) is 4.39 Å². The molecule has 0 saturated heterocycles. The molecule has 0 amide bonds.